The van der Waals surface area contributed by atoms with Gasteiger partial charge in [0.25, 0.3) is 0 Å². The second-order valence-electron chi connectivity index (χ2n) is 11.8. The van der Waals surface area contributed by atoms with Crippen LogP contribution in [0.15, 0.2) is 72.8 Å². The zero-order valence-corrected chi connectivity index (χ0v) is 24.6. The number of nitrogens with one attached hydrogen (secondary N) is 2. The molecule has 6 rings (SSSR count). The number of likely N-dealkylation sites (tertiary alicyclic amines) is 1. The molecule has 1 saturated carbocycles. The number of allylic oxidation sites excluding steroid dienone is 1. The lowest BCUT2D eigenvalue weighted by Gasteiger charge is -2.31. The van der Waals surface area contributed by atoms with Crippen LogP contribution in [0.25, 0.3) is 5.70 Å². The molecule has 0 aromatic heterocycles. The standard InChI is InChI=1S/C35H40N4O3/c1-38-20-15-29(16-21-38)42-32-23-26(31(14-19-36)37-27-8-4-3-5-9-27)22-30-33(32)39(34(40)35(30)17-6-7-18-35)24-25-10-12-28(41-2)13-11-25/h3-5,8-14,19,22-23,29,36-37H,6-7,15-18,20-21,24H2,1-2H3/b31-14-,36-19?. The van der Waals surface area contributed by atoms with Gasteiger partial charge in [-0.1, -0.05) is 43.2 Å². The van der Waals surface area contributed by atoms with E-state index in [0.717, 1.165) is 96.9 Å². The number of para-hydroxylation sites is 1. The summed E-state index contributed by atoms with van der Waals surface area (Å²) in [6.07, 6.45) is 8.79. The van der Waals surface area contributed by atoms with Gasteiger partial charge in [-0.2, -0.15) is 0 Å². The van der Waals surface area contributed by atoms with Gasteiger partial charge < -0.3 is 30.0 Å². The number of rotatable bonds is 9. The quantitative estimate of drug-likeness (QED) is 0.285. The summed E-state index contributed by atoms with van der Waals surface area (Å²) < 4.78 is 12.2. The molecule has 3 aromatic rings. The summed E-state index contributed by atoms with van der Waals surface area (Å²) in [4.78, 5) is 18.8. The molecule has 7 nitrogen and oxygen atoms in total. The maximum absolute atomic E-state index is 14.5. The van der Waals surface area contributed by atoms with Gasteiger partial charge in [0.05, 0.1) is 24.8 Å². The van der Waals surface area contributed by atoms with E-state index in [1.54, 1.807) is 13.2 Å². The topological polar surface area (TPSA) is 77.9 Å². The van der Waals surface area contributed by atoms with E-state index in [-0.39, 0.29) is 12.0 Å². The molecule has 0 bridgehead atoms. The molecule has 2 heterocycles. The van der Waals surface area contributed by atoms with Crippen LogP contribution in [0, 0.1) is 5.41 Å². The second-order valence-corrected chi connectivity index (χ2v) is 11.8. The van der Waals surface area contributed by atoms with Gasteiger partial charge in [-0.05, 0) is 86.3 Å². The van der Waals surface area contributed by atoms with Gasteiger partial charge in [-0.3, -0.25) is 4.79 Å². The molecule has 2 N–H and O–H groups in total. The Morgan fingerprint density at radius 2 is 1.76 bits per heavy atom. The van der Waals surface area contributed by atoms with Gasteiger partial charge in [0.15, 0.2) is 0 Å². The van der Waals surface area contributed by atoms with Crippen molar-refractivity contribution >= 4 is 29.2 Å². The summed E-state index contributed by atoms with van der Waals surface area (Å²) in [5.74, 6) is 1.73. The van der Waals surface area contributed by atoms with Gasteiger partial charge in [0.2, 0.25) is 5.91 Å². The van der Waals surface area contributed by atoms with Crippen LogP contribution in [0.4, 0.5) is 11.4 Å². The Labute approximate surface area is 248 Å². The summed E-state index contributed by atoms with van der Waals surface area (Å²) in [6, 6.07) is 22.2. The molecular weight excluding hydrogens is 524 g/mol. The van der Waals surface area contributed by atoms with E-state index in [4.69, 9.17) is 14.9 Å². The average Bonchev–Trinajstić information content (AvgIpc) is 3.60. The van der Waals surface area contributed by atoms with Crippen LogP contribution >= 0.6 is 0 Å². The number of carbonyl (C=O) groups is 1. The first-order chi connectivity index (χ1) is 20.5. The molecule has 1 aliphatic carbocycles. The van der Waals surface area contributed by atoms with Crippen molar-refractivity contribution in [1.29, 1.82) is 5.41 Å². The van der Waals surface area contributed by atoms with E-state index in [1.165, 1.54) is 6.21 Å². The van der Waals surface area contributed by atoms with Crippen LogP contribution in [0.2, 0.25) is 0 Å². The number of ether oxygens (including phenoxy) is 2. The number of fused-ring (bicyclic) bond motifs is 2. The van der Waals surface area contributed by atoms with Crippen molar-refractivity contribution in [3.05, 3.63) is 89.5 Å². The SMILES string of the molecule is COc1ccc(CN2C(=O)C3(CCCC3)c3cc(/C(=C/C=N)Nc4ccccc4)cc(OC4CCN(C)CC4)c32)cc1. The minimum atomic E-state index is -0.550. The van der Waals surface area contributed by atoms with Crippen molar-refractivity contribution < 1.29 is 14.3 Å². The molecule has 0 radical (unpaired) electrons. The van der Waals surface area contributed by atoms with Gasteiger partial charge in [-0.25, -0.2) is 0 Å². The van der Waals surface area contributed by atoms with Gasteiger partial charge >= 0.3 is 0 Å². The predicted octanol–water partition coefficient (Wildman–Crippen LogP) is 6.63. The highest BCUT2D eigenvalue weighted by Gasteiger charge is 2.53. The van der Waals surface area contributed by atoms with E-state index in [9.17, 15) is 4.79 Å². The van der Waals surface area contributed by atoms with Gasteiger partial charge in [0.1, 0.15) is 17.6 Å². The molecule has 1 saturated heterocycles. The highest BCUT2D eigenvalue weighted by Crippen LogP contribution is 2.55. The first-order valence-corrected chi connectivity index (χ1v) is 15.0. The van der Waals surface area contributed by atoms with Crippen molar-refractivity contribution in [2.24, 2.45) is 0 Å². The minimum Gasteiger partial charge on any atom is -0.497 e. The summed E-state index contributed by atoms with van der Waals surface area (Å²) >= 11 is 0. The molecular formula is C35H40N4O3. The number of carbonyl (C=O) groups excluding carboxylic acids is 1. The van der Waals surface area contributed by atoms with Crippen LogP contribution in [-0.2, 0) is 16.8 Å². The fourth-order valence-electron chi connectivity index (χ4n) is 6.75. The molecule has 7 heteroatoms. The first-order valence-electron chi connectivity index (χ1n) is 15.0. The van der Waals surface area contributed by atoms with Crippen LogP contribution in [-0.4, -0.2) is 50.4 Å². The third-order valence-electron chi connectivity index (χ3n) is 9.04. The molecule has 42 heavy (non-hydrogen) atoms. The maximum Gasteiger partial charge on any atom is 0.238 e. The van der Waals surface area contributed by atoms with Crippen molar-refractivity contribution in [2.75, 3.05) is 37.5 Å². The van der Waals surface area contributed by atoms with Crippen LogP contribution in [0.5, 0.6) is 11.5 Å². The van der Waals surface area contributed by atoms with Crippen molar-refractivity contribution in [1.82, 2.24) is 4.90 Å². The fraction of sp³-hybridized carbons (Fsp3) is 0.371. The van der Waals surface area contributed by atoms with Crippen molar-refractivity contribution in [2.45, 2.75) is 56.6 Å². The second kappa shape index (κ2) is 12.0. The molecule has 218 valence electrons. The zero-order chi connectivity index (χ0) is 29.1. The van der Waals surface area contributed by atoms with Crippen LogP contribution < -0.4 is 19.7 Å². The molecule has 2 aliphatic heterocycles. The predicted molar refractivity (Wildman–Crippen MR) is 169 cm³/mol. The third kappa shape index (κ3) is 5.41. The van der Waals surface area contributed by atoms with Crippen LogP contribution in [0.1, 0.15) is 55.2 Å². The lowest BCUT2D eigenvalue weighted by Crippen LogP contribution is -2.38. The van der Waals surface area contributed by atoms with Gasteiger partial charge in [-0.15, -0.1) is 0 Å². The number of nitrogens with zero attached hydrogens (tertiary/aromatic N) is 2. The fourth-order valence-corrected chi connectivity index (χ4v) is 6.75. The Morgan fingerprint density at radius 1 is 1.05 bits per heavy atom. The monoisotopic (exact) mass is 564 g/mol. The largest absolute Gasteiger partial charge is 0.497 e. The molecule has 2 fully saturated rings. The highest BCUT2D eigenvalue weighted by atomic mass is 16.5. The first kappa shape index (κ1) is 28.0. The molecule has 1 amide bonds. The number of hydrogen-bond acceptors (Lipinski definition) is 6. The molecule has 0 unspecified atom stereocenters. The molecule has 3 aromatic carbocycles. The summed E-state index contributed by atoms with van der Waals surface area (Å²) in [6.45, 7) is 2.45. The summed E-state index contributed by atoms with van der Waals surface area (Å²) in [5.41, 5.74) is 5.15. The number of benzene rings is 3. The number of hydrogen-bond donors (Lipinski definition) is 2. The lowest BCUT2D eigenvalue weighted by molar-refractivity contribution is -0.123. The molecule has 0 atom stereocenters. The van der Waals surface area contributed by atoms with Gasteiger partial charge in [0, 0.05) is 36.3 Å². The van der Waals surface area contributed by atoms with Crippen LogP contribution in [0.3, 0.4) is 0 Å². The van der Waals surface area contributed by atoms with Crippen molar-refractivity contribution in [3.8, 4) is 11.5 Å². The third-order valence-corrected chi connectivity index (χ3v) is 9.04. The Morgan fingerprint density at radius 3 is 2.43 bits per heavy atom. The van der Waals surface area contributed by atoms with Crippen molar-refractivity contribution in [3.63, 3.8) is 0 Å². The smallest absolute Gasteiger partial charge is 0.238 e. The maximum atomic E-state index is 14.5. The van der Waals surface area contributed by atoms with E-state index >= 15 is 0 Å². The Balaban J connectivity index is 1.47. The Bertz CT molecular complexity index is 1450. The normalized spacial score (nSPS) is 18.8. The number of methoxy groups -OCH3 is 1. The van der Waals surface area contributed by atoms with E-state index in [1.807, 2.05) is 59.5 Å². The molecule has 1 spiro atoms. The molecule has 3 aliphatic rings. The zero-order valence-electron chi connectivity index (χ0n) is 24.6. The van der Waals surface area contributed by atoms with E-state index in [2.05, 4.69) is 29.4 Å². The number of anilines is 2. The Kier molecular flexibility index (Phi) is 8.02. The average molecular weight is 565 g/mol. The number of piperidine rings is 1. The Hall–Kier alpha value is -4.10. The number of amides is 1. The van der Waals surface area contributed by atoms with E-state index < -0.39 is 5.41 Å². The van der Waals surface area contributed by atoms with E-state index in [0.29, 0.717) is 6.54 Å². The summed E-state index contributed by atoms with van der Waals surface area (Å²) in [5, 5.41) is 11.4. The highest BCUT2D eigenvalue weighted by molar-refractivity contribution is 6.10. The minimum absolute atomic E-state index is 0.0795. The lowest BCUT2D eigenvalue weighted by atomic mass is 9.79. The summed E-state index contributed by atoms with van der Waals surface area (Å²) in [7, 11) is 3.81.